The Morgan fingerprint density at radius 1 is 1.09 bits per heavy atom. The molecule has 1 aromatic heterocycles. The van der Waals surface area contributed by atoms with Crippen molar-refractivity contribution in [3.63, 3.8) is 0 Å². The van der Waals surface area contributed by atoms with E-state index in [-0.39, 0.29) is 0 Å². The van der Waals surface area contributed by atoms with E-state index in [0.29, 0.717) is 24.0 Å². The lowest BCUT2D eigenvalue weighted by atomic mass is 10.1. The van der Waals surface area contributed by atoms with Gasteiger partial charge in [0.25, 0.3) is 0 Å². The number of aromatic nitrogens is 2. The van der Waals surface area contributed by atoms with Crippen molar-refractivity contribution in [2.24, 2.45) is 0 Å². The van der Waals surface area contributed by atoms with E-state index in [2.05, 4.69) is 14.7 Å². The molecule has 1 heterocycles. The van der Waals surface area contributed by atoms with Gasteiger partial charge in [-0.3, -0.25) is 0 Å². The van der Waals surface area contributed by atoms with Gasteiger partial charge in [-0.05, 0) is 18.9 Å². The Morgan fingerprint density at radius 2 is 1.77 bits per heavy atom. The van der Waals surface area contributed by atoms with Gasteiger partial charge in [-0.2, -0.15) is 4.37 Å². The highest BCUT2D eigenvalue weighted by Crippen LogP contribution is 2.39. The number of hydrogen-bond acceptors (Lipinski definition) is 7. The predicted molar refractivity (Wildman–Crippen MR) is 85.3 cm³/mol. The van der Waals surface area contributed by atoms with Crippen LogP contribution in [0, 0.1) is 0 Å². The van der Waals surface area contributed by atoms with Gasteiger partial charge in [0, 0.05) is 35.6 Å². The van der Waals surface area contributed by atoms with Gasteiger partial charge in [0.2, 0.25) is 5.13 Å². The molecule has 1 saturated carbocycles. The zero-order valence-corrected chi connectivity index (χ0v) is 13.7. The third-order valence-electron chi connectivity index (χ3n) is 3.60. The molecular weight excluding hydrogens is 302 g/mol. The largest absolute Gasteiger partial charge is 0.496 e. The number of methoxy groups -OCH3 is 3. The van der Waals surface area contributed by atoms with E-state index in [0.717, 1.165) is 22.3 Å². The molecule has 0 bridgehead atoms. The summed E-state index contributed by atoms with van der Waals surface area (Å²) in [5.41, 5.74) is 0.975. The molecule has 1 aromatic carbocycles. The fraction of sp³-hybridized carbons (Fsp3) is 0.467. The van der Waals surface area contributed by atoms with Crippen LogP contribution in [0.25, 0.3) is 0 Å². The summed E-state index contributed by atoms with van der Waals surface area (Å²) in [6, 6.07) is 3.74. The van der Waals surface area contributed by atoms with Crippen LogP contribution in [0.2, 0.25) is 0 Å². The quantitative estimate of drug-likeness (QED) is 0.845. The highest BCUT2D eigenvalue weighted by Gasteiger charge is 2.27. The molecule has 0 unspecified atom stereocenters. The summed E-state index contributed by atoms with van der Waals surface area (Å²) in [5, 5.41) is 4.13. The van der Waals surface area contributed by atoms with Gasteiger partial charge in [0.05, 0.1) is 21.3 Å². The van der Waals surface area contributed by atoms with Crippen LogP contribution in [0.4, 0.5) is 5.13 Å². The fourth-order valence-corrected chi connectivity index (χ4v) is 2.86. The summed E-state index contributed by atoms with van der Waals surface area (Å²) >= 11 is 1.40. The van der Waals surface area contributed by atoms with Crippen molar-refractivity contribution in [1.82, 2.24) is 9.36 Å². The monoisotopic (exact) mass is 321 g/mol. The summed E-state index contributed by atoms with van der Waals surface area (Å²) in [5.74, 6) is 3.61. The van der Waals surface area contributed by atoms with E-state index in [1.165, 1.54) is 24.4 Å². The summed E-state index contributed by atoms with van der Waals surface area (Å²) < 4.78 is 20.4. The van der Waals surface area contributed by atoms with Crippen LogP contribution in [-0.2, 0) is 6.54 Å². The molecule has 0 saturated heterocycles. The second kappa shape index (κ2) is 6.39. The molecule has 7 heteroatoms. The molecule has 1 N–H and O–H groups in total. The van der Waals surface area contributed by atoms with E-state index < -0.39 is 0 Å². The van der Waals surface area contributed by atoms with Gasteiger partial charge in [0.1, 0.15) is 11.6 Å². The molecule has 118 valence electrons. The molecule has 22 heavy (non-hydrogen) atoms. The Kier molecular flexibility index (Phi) is 4.33. The summed E-state index contributed by atoms with van der Waals surface area (Å²) in [6.45, 7) is 0.586. The first-order valence-electron chi connectivity index (χ1n) is 7.11. The lowest BCUT2D eigenvalue weighted by Crippen LogP contribution is -2.03. The second-order valence-corrected chi connectivity index (χ2v) is 5.86. The molecule has 1 aliphatic rings. The Bertz CT molecular complexity index is 655. The Morgan fingerprint density at radius 3 is 2.41 bits per heavy atom. The van der Waals surface area contributed by atoms with E-state index in [1.807, 2.05) is 12.1 Å². The Labute approximate surface area is 133 Å². The smallest absolute Gasteiger partial charge is 0.202 e. The molecule has 3 rings (SSSR count). The van der Waals surface area contributed by atoms with E-state index in [1.54, 1.807) is 21.3 Å². The average Bonchev–Trinajstić information content (AvgIpc) is 3.30. The third kappa shape index (κ3) is 3.09. The van der Waals surface area contributed by atoms with Gasteiger partial charge in [-0.1, -0.05) is 0 Å². The minimum Gasteiger partial charge on any atom is -0.496 e. The number of benzene rings is 1. The van der Waals surface area contributed by atoms with Crippen LogP contribution < -0.4 is 19.5 Å². The maximum absolute atomic E-state index is 5.42. The van der Waals surface area contributed by atoms with Crippen LogP contribution in [0.3, 0.4) is 0 Å². The lowest BCUT2D eigenvalue weighted by Gasteiger charge is -2.14. The van der Waals surface area contributed by atoms with Crippen molar-refractivity contribution in [1.29, 1.82) is 0 Å². The average molecular weight is 321 g/mol. The molecule has 0 atom stereocenters. The summed E-state index contributed by atoms with van der Waals surface area (Å²) in [6.07, 6.45) is 2.42. The van der Waals surface area contributed by atoms with Crippen LogP contribution in [0.15, 0.2) is 12.1 Å². The first-order valence-corrected chi connectivity index (χ1v) is 7.89. The number of nitrogens with one attached hydrogen (secondary N) is 1. The molecular formula is C15H19N3O3S. The zero-order valence-electron chi connectivity index (χ0n) is 12.9. The number of nitrogens with zero attached hydrogens (tertiary/aromatic N) is 2. The minimum absolute atomic E-state index is 0.572. The fourth-order valence-electron chi connectivity index (χ4n) is 2.22. The molecule has 6 nitrogen and oxygen atoms in total. The van der Waals surface area contributed by atoms with Gasteiger partial charge in [-0.15, -0.1) is 0 Å². The third-order valence-corrected chi connectivity index (χ3v) is 4.29. The Hall–Kier alpha value is -2.02. The van der Waals surface area contributed by atoms with Crippen LogP contribution in [0.5, 0.6) is 17.2 Å². The molecule has 1 fully saturated rings. The molecule has 0 spiro atoms. The highest BCUT2D eigenvalue weighted by molar-refractivity contribution is 7.09. The van der Waals surface area contributed by atoms with Crippen molar-refractivity contribution in [3.8, 4) is 17.2 Å². The number of anilines is 1. The van der Waals surface area contributed by atoms with Crippen molar-refractivity contribution >= 4 is 16.7 Å². The SMILES string of the molecule is COc1cc(OC)c(OC)cc1CNc1nc(C2CC2)ns1. The molecule has 0 amide bonds. The van der Waals surface area contributed by atoms with E-state index in [9.17, 15) is 0 Å². The first-order chi connectivity index (χ1) is 10.7. The lowest BCUT2D eigenvalue weighted by molar-refractivity contribution is 0.347. The maximum atomic E-state index is 5.42. The number of hydrogen-bond donors (Lipinski definition) is 1. The van der Waals surface area contributed by atoms with Crippen molar-refractivity contribution in [2.75, 3.05) is 26.6 Å². The van der Waals surface area contributed by atoms with Crippen molar-refractivity contribution in [2.45, 2.75) is 25.3 Å². The van der Waals surface area contributed by atoms with Crippen LogP contribution in [-0.4, -0.2) is 30.7 Å². The molecule has 2 aromatic rings. The summed E-state index contributed by atoms with van der Waals surface area (Å²) in [7, 11) is 4.87. The normalized spacial score (nSPS) is 13.8. The second-order valence-electron chi connectivity index (χ2n) is 5.10. The van der Waals surface area contributed by atoms with Gasteiger partial charge < -0.3 is 19.5 Å². The van der Waals surface area contributed by atoms with Crippen molar-refractivity contribution < 1.29 is 14.2 Å². The Balaban J connectivity index is 1.74. The standard InChI is InChI=1S/C15H19N3O3S/c1-19-11-7-13(21-3)12(20-2)6-10(11)8-16-15-17-14(18-22-15)9-4-5-9/h6-7,9H,4-5,8H2,1-3H3,(H,16,17,18). The highest BCUT2D eigenvalue weighted by atomic mass is 32.1. The number of ether oxygens (including phenoxy) is 3. The number of rotatable bonds is 7. The first kappa shape index (κ1) is 14.9. The maximum Gasteiger partial charge on any atom is 0.202 e. The summed E-state index contributed by atoms with van der Waals surface area (Å²) in [4.78, 5) is 4.52. The van der Waals surface area contributed by atoms with E-state index in [4.69, 9.17) is 14.2 Å². The zero-order chi connectivity index (χ0) is 15.5. The van der Waals surface area contributed by atoms with Crippen LogP contribution >= 0.6 is 11.5 Å². The van der Waals surface area contributed by atoms with Gasteiger partial charge in [-0.25, -0.2) is 4.98 Å². The predicted octanol–water partition coefficient (Wildman–Crippen LogP) is 3.05. The van der Waals surface area contributed by atoms with Crippen LogP contribution in [0.1, 0.15) is 30.1 Å². The molecule has 0 aliphatic heterocycles. The molecule has 0 radical (unpaired) electrons. The van der Waals surface area contributed by atoms with Gasteiger partial charge >= 0.3 is 0 Å². The minimum atomic E-state index is 0.572. The topological polar surface area (TPSA) is 65.5 Å². The molecule has 1 aliphatic carbocycles. The van der Waals surface area contributed by atoms with Crippen molar-refractivity contribution in [3.05, 3.63) is 23.5 Å². The van der Waals surface area contributed by atoms with E-state index >= 15 is 0 Å². The van der Waals surface area contributed by atoms with Gasteiger partial charge in [0.15, 0.2) is 11.5 Å².